The largest absolute Gasteiger partial charge is 0.426 e. The molecule has 1 aromatic rings. The average molecular weight is 303 g/mol. The van der Waals surface area contributed by atoms with Crippen LogP contribution in [-0.2, 0) is 17.6 Å². The van der Waals surface area contributed by atoms with Crippen molar-refractivity contribution in [1.82, 2.24) is 4.90 Å². The van der Waals surface area contributed by atoms with Crippen LogP contribution in [0.1, 0.15) is 58.1 Å². The predicted molar refractivity (Wildman–Crippen MR) is 90.3 cm³/mol. The molecule has 0 saturated heterocycles. The molecule has 0 amide bonds. The van der Waals surface area contributed by atoms with Gasteiger partial charge in [0.1, 0.15) is 5.75 Å². The van der Waals surface area contributed by atoms with E-state index in [-0.39, 0.29) is 11.5 Å². The van der Waals surface area contributed by atoms with Crippen LogP contribution in [0.4, 0.5) is 0 Å². The van der Waals surface area contributed by atoms with Crippen LogP contribution in [0.15, 0.2) is 18.2 Å². The summed E-state index contributed by atoms with van der Waals surface area (Å²) in [5, 5.41) is 0. The summed E-state index contributed by atoms with van der Waals surface area (Å²) in [6.45, 7) is 10.7. The molecule has 122 valence electrons. The molecule has 1 atom stereocenters. The lowest BCUT2D eigenvalue weighted by molar-refractivity contribution is -0.131. The van der Waals surface area contributed by atoms with E-state index < -0.39 is 0 Å². The second-order valence-corrected chi connectivity index (χ2v) is 6.65. The molecule has 3 heteroatoms. The maximum atomic E-state index is 11.3. The number of benzene rings is 1. The van der Waals surface area contributed by atoms with E-state index in [2.05, 4.69) is 31.7 Å². The Morgan fingerprint density at radius 2 is 1.95 bits per heavy atom. The Labute approximate surface area is 134 Å². The zero-order valence-corrected chi connectivity index (χ0v) is 14.4. The molecule has 1 unspecified atom stereocenters. The molecule has 22 heavy (non-hydrogen) atoms. The van der Waals surface area contributed by atoms with Gasteiger partial charge in [-0.15, -0.1) is 0 Å². The summed E-state index contributed by atoms with van der Waals surface area (Å²) in [5.41, 5.74) is 2.78. The lowest BCUT2D eigenvalue weighted by Gasteiger charge is -2.45. The van der Waals surface area contributed by atoms with E-state index in [1.807, 2.05) is 12.1 Å². The molecule has 0 bridgehead atoms. The third-order valence-corrected chi connectivity index (χ3v) is 4.72. The Hall–Kier alpha value is -1.35. The van der Waals surface area contributed by atoms with Crippen LogP contribution in [0.5, 0.6) is 5.75 Å². The van der Waals surface area contributed by atoms with Gasteiger partial charge in [0.25, 0.3) is 0 Å². The smallest absolute Gasteiger partial charge is 0.308 e. The molecule has 0 N–H and O–H groups in total. The van der Waals surface area contributed by atoms with Gasteiger partial charge in [-0.1, -0.05) is 26.0 Å². The second-order valence-electron chi connectivity index (χ2n) is 6.65. The Kier molecular flexibility index (Phi) is 5.63. The van der Waals surface area contributed by atoms with Crippen LogP contribution in [0.3, 0.4) is 0 Å². The van der Waals surface area contributed by atoms with Gasteiger partial charge in [-0.25, -0.2) is 0 Å². The highest BCUT2D eigenvalue weighted by Gasteiger charge is 2.35. The number of hydrogen-bond acceptors (Lipinski definition) is 3. The quantitative estimate of drug-likeness (QED) is 0.588. The molecule has 0 radical (unpaired) electrons. The molecule has 0 aliphatic heterocycles. The minimum atomic E-state index is -0.236. The highest BCUT2D eigenvalue weighted by atomic mass is 16.5. The second kappa shape index (κ2) is 7.28. The number of carbonyl (C=O) groups excluding carboxylic acids is 1. The first kappa shape index (κ1) is 17.0. The molecular formula is C19H29NO2. The SMILES string of the molecule is CCCN(CCC)C1(C)CCc2c(cccc2OC(C)=O)C1. The van der Waals surface area contributed by atoms with Gasteiger partial charge >= 0.3 is 5.97 Å². The van der Waals surface area contributed by atoms with Crippen LogP contribution in [0.25, 0.3) is 0 Å². The molecule has 0 fully saturated rings. The Bertz CT molecular complexity index is 520. The first-order chi connectivity index (χ1) is 10.5. The van der Waals surface area contributed by atoms with Crippen LogP contribution in [-0.4, -0.2) is 29.5 Å². The Morgan fingerprint density at radius 1 is 1.27 bits per heavy atom. The fourth-order valence-corrected chi connectivity index (χ4v) is 3.67. The lowest BCUT2D eigenvalue weighted by atomic mass is 9.77. The summed E-state index contributed by atoms with van der Waals surface area (Å²) in [4.78, 5) is 13.9. The van der Waals surface area contributed by atoms with Crippen molar-refractivity contribution in [3.63, 3.8) is 0 Å². The fraction of sp³-hybridized carbons (Fsp3) is 0.632. The highest BCUT2D eigenvalue weighted by molar-refractivity contribution is 5.70. The van der Waals surface area contributed by atoms with Crippen molar-refractivity contribution in [1.29, 1.82) is 0 Å². The first-order valence-electron chi connectivity index (χ1n) is 8.54. The number of fused-ring (bicyclic) bond motifs is 1. The van der Waals surface area contributed by atoms with Gasteiger partial charge in [-0.2, -0.15) is 0 Å². The van der Waals surface area contributed by atoms with Crippen molar-refractivity contribution >= 4 is 5.97 Å². The van der Waals surface area contributed by atoms with Gasteiger partial charge < -0.3 is 4.74 Å². The highest BCUT2D eigenvalue weighted by Crippen LogP contribution is 2.37. The topological polar surface area (TPSA) is 29.5 Å². The van der Waals surface area contributed by atoms with Crippen molar-refractivity contribution in [3.05, 3.63) is 29.3 Å². The van der Waals surface area contributed by atoms with Crippen molar-refractivity contribution in [3.8, 4) is 5.75 Å². The summed E-state index contributed by atoms with van der Waals surface area (Å²) < 4.78 is 5.38. The lowest BCUT2D eigenvalue weighted by Crippen LogP contribution is -2.50. The monoisotopic (exact) mass is 303 g/mol. The Morgan fingerprint density at radius 3 is 2.55 bits per heavy atom. The van der Waals surface area contributed by atoms with E-state index in [1.165, 1.54) is 30.9 Å². The van der Waals surface area contributed by atoms with E-state index in [1.54, 1.807) is 0 Å². The first-order valence-corrected chi connectivity index (χ1v) is 8.54. The molecule has 1 aromatic carbocycles. The molecule has 0 saturated carbocycles. The maximum Gasteiger partial charge on any atom is 0.308 e. The molecule has 2 rings (SSSR count). The van der Waals surface area contributed by atoms with Gasteiger partial charge in [-0.05, 0) is 69.3 Å². The summed E-state index contributed by atoms with van der Waals surface area (Å²) in [6, 6.07) is 6.11. The standard InChI is InChI=1S/C19H29NO2/c1-5-12-20(13-6-2)19(4)11-10-17-16(14-19)8-7-9-18(17)22-15(3)21/h7-9H,5-6,10-14H2,1-4H3. The molecule has 0 spiro atoms. The van der Waals surface area contributed by atoms with Gasteiger partial charge in [0.05, 0.1) is 0 Å². The van der Waals surface area contributed by atoms with Gasteiger partial charge in [0.15, 0.2) is 0 Å². The van der Waals surface area contributed by atoms with Crippen molar-refractivity contribution < 1.29 is 9.53 Å². The van der Waals surface area contributed by atoms with E-state index in [4.69, 9.17) is 4.74 Å². The molecule has 0 heterocycles. The van der Waals surface area contributed by atoms with Crippen LogP contribution in [0, 0.1) is 0 Å². The predicted octanol–water partition coefficient (Wildman–Crippen LogP) is 3.98. The van der Waals surface area contributed by atoms with Gasteiger partial charge in [0.2, 0.25) is 0 Å². The number of esters is 1. The Balaban J connectivity index is 2.25. The van der Waals surface area contributed by atoms with Gasteiger partial charge in [0, 0.05) is 12.5 Å². The van der Waals surface area contributed by atoms with Crippen molar-refractivity contribution in [2.45, 2.75) is 65.3 Å². The van der Waals surface area contributed by atoms with E-state index in [0.717, 1.165) is 38.1 Å². The van der Waals surface area contributed by atoms with Crippen LogP contribution >= 0.6 is 0 Å². The van der Waals surface area contributed by atoms with E-state index >= 15 is 0 Å². The number of ether oxygens (including phenoxy) is 1. The molecule has 3 nitrogen and oxygen atoms in total. The minimum absolute atomic E-state index is 0.216. The van der Waals surface area contributed by atoms with E-state index in [9.17, 15) is 4.79 Å². The molecule has 1 aliphatic rings. The van der Waals surface area contributed by atoms with Crippen molar-refractivity contribution in [2.24, 2.45) is 0 Å². The summed E-state index contributed by atoms with van der Waals surface area (Å²) in [6.07, 6.45) is 5.53. The number of rotatable bonds is 6. The van der Waals surface area contributed by atoms with Crippen molar-refractivity contribution in [2.75, 3.05) is 13.1 Å². The number of nitrogens with zero attached hydrogens (tertiary/aromatic N) is 1. The molecular weight excluding hydrogens is 274 g/mol. The molecule has 1 aliphatic carbocycles. The average Bonchev–Trinajstić information content (AvgIpc) is 2.46. The molecule has 0 aromatic heterocycles. The number of carbonyl (C=O) groups is 1. The normalized spacial score (nSPS) is 20.8. The zero-order chi connectivity index (χ0) is 16.2. The summed E-state index contributed by atoms with van der Waals surface area (Å²) >= 11 is 0. The van der Waals surface area contributed by atoms with Crippen LogP contribution < -0.4 is 4.74 Å². The number of hydrogen-bond donors (Lipinski definition) is 0. The summed E-state index contributed by atoms with van der Waals surface area (Å²) in [7, 11) is 0. The third kappa shape index (κ3) is 3.70. The zero-order valence-electron chi connectivity index (χ0n) is 14.4. The third-order valence-electron chi connectivity index (χ3n) is 4.72. The summed E-state index contributed by atoms with van der Waals surface area (Å²) in [5.74, 6) is 0.518. The van der Waals surface area contributed by atoms with Gasteiger partial charge in [-0.3, -0.25) is 9.69 Å². The fourth-order valence-electron chi connectivity index (χ4n) is 3.67. The minimum Gasteiger partial charge on any atom is -0.426 e. The maximum absolute atomic E-state index is 11.3. The van der Waals surface area contributed by atoms with E-state index in [0.29, 0.717) is 0 Å². The van der Waals surface area contributed by atoms with Crippen LogP contribution in [0.2, 0.25) is 0 Å².